The Labute approximate surface area is 134 Å². The summed E-state index contributed by atoms with van der Waals surface area (Å²) in [6.45, 7) is 5.07. The third-order valence-corrected chi connectivity index (χ3v) is 3.70. The van der Waals surface area contributed by atoms with Crippen LogP contribution in [0.3, 0.4) is 0 Å². The van der Waals surface area contributed by atoms with E-state index in [0.717, 1.165) is 0 Å². The maximum Gasteiger partial charge on any atom is 0.414 e. The van der Waals surface area contributed by atoms with Gasteiger partial charge in [0.1, 0.15) is 5.60 Å². The van der Waals surface area contributed by atoms with Crippen molar-refractivity contribution in [3.63, 3.8) is 0 Å². The maximum absolute atomic E-state index is 12.2. The molecule has 0 aliphatic carbocycles. The van der Waals surface area contributed by atoms with Crippen LogP contribution >= 0.6 is 22.3 Å². The Balaban J connectivity index is 2.99. The van der Waals surface area contributed by atoms with Crippen LogP contribution in [0.15, 0.2) is 24.3 Å². The van der Waals surface area contributed by atoms with Crippen LogP contribution in [0.4, 0.5) is 10.5 Å². The Hall–Kier alpha value is -0.980. The molecule has 0 radical (unpaired) electrons. The molecule has 0 N–H and O–H groups in total. The number of rotatable bonds is 4. The van der Waals surface area contributed by atoms with Crippen molar-refractivity contribution in [1.82, 2.24) is 0 Å². The minimum absolute atomic E-state index is 0.109. The summed E-state index contributed by atoms with van der Waals surface area (Å²) < 4.78 is 27.5. The van der Waals surface area contributed by atoms with E-state index in [1.807, 2.05) is 0 Å². The van der Waals surface area contributed by atoms with E-state index in [-0.39, 0.29) is 12.3 Å². The third-order valence-electron chi connectivity index (χ3n) is 2.31. The highest BCUT2D eigenvalue weighted by Gasteiger charge is 2.24. The van der Waals surface area contributed by atoms with Gasteiger partial charge in [-0.15, -0.1) is 0 Å². The number of hydrogen-bond acceptors (Lipinski definition) is 4. The summed E-state index contributed by atoms with van der Waals surface area (Å²) in [6, 6.07) is 6.41. The molecule has 0 aliphatic heterocycles. The van der Waals surface area contributed by atoms with Crippen LogP contribution in [-0.4, -0.2) is 32.4 Å². The Kier molecular flexibility index (Phi) is 5.90. The van der Waals surface area contributed by atoms with Crippen molar-refractivity contribution in [3.8, 4) is 0 Å². The molecule has 5 nitrogen and oxygen atoms in total. The van der Waals surface area contributed by atoms with Gasteiger partial charge in [-0.1, -0.05) is 11.6 Å². The number of nitrogens with zero attached hydrogens (tertiary/aromatic N) is 1. The van der Waals surface area contributed by atoms with Crippen LogP contribution in [0, 0.1) is 0 Å². The average molecular weight is 354 g/mol. The molecular formula is C13H17Cl2NO4S. The van der Waals surface area contributed by atoms with Gasteiger partial charge in [0, 0.05) is 27.9 Å². The Morgan fingerprint density at radius 2 is 1.76 bits per heavy atom. The smallest absolute Gasteiger partial charge is 0.414 e. The zero-order valence-electron chi connectivity index (χ0n) is 12.0. The summed E-state index contributed by atoms with van der Waals surface area (Å²) in [5.41, 5.74) is -0.212. The molecule has 118 valence electrons. The molecule has 21 heavy (non-hydrogen) atoms. The van der Waals surface area contributed by atoms with Gasteiger partial charge in [0.2, 0.25) is 9.05 Å². The SMILES string of the molecule is CC(C)(C)OC(=O)N(CCS(=O)(=O)Cl)c1ccc(Cl)cc1. The van der Waals surface area contributed by atoms with Crippen molar-refractivity contribution < 1.29 is 17.9 Å². The zero-order chi connectivity index (χ0) is 16.3. The van der Waals surface area contributed by atoms with E-state index in [4.69, 9.17) is 27.0 Å². The molecule has 0 heterocycles. The topological polar surface area (TPSA) is 63.7 Å². The number of halogens is 2. The van der Waals surface area contributed by atoms with Crippen LogP contribution in [-0.2, 0) is 13.8 Å². The van der Waals surface area contributed by atoms with Crippen LogP contribution in [0.1, 0.15) is 20.8 Å². The third kappa shape index (κ3) is 7.02. The van der Waals surface area contributed by atoms with Gasteiger partial charge in [-0.05, 0) is 45.0 Å². The lowest BCUT2D eigenvalue weighted by Gasteiger charge is -2.27. The summed E-state index contributed by atoms with van der Waals surface area (Å²) in [4.78, 5) is 13.4. The lowest BCUT2D eigenvalue weighted by atomic mass is 10.2. The first-order valence-corrected chi connectivity index (χ1v) is 9.02. The van der Waals surface area contributed by atoms with Crippen LogP contribution in [0.25, 0.3) is 0 Å². The summed E-state index contributed by atoms with van der Waals surface area (Å²) >= 11 is 5.80. The molecule has 0 bridgehead atoms. The number of anilines is 1. The second-order valence-electron chi connectivity index (χ2n) is 5.35. The molecule has 0 saturated carbocycles. The van der Waals surface area contributed by atoms with Crippen molar-refractivity contribution in [2.24, 2.45) is 0 Å². The molecule has 1 amide bonds. The number of hydrogen-bond donors (Lipinski definition) is 0. The zero-order valence-corrected chi connectivity index (χ0v) is 14.3. The number of carbonyl (C=O) groups excluding carboxylic acids is 1. The molecular weight excluding hydrogens is 337 g/mol. The van der Waals surface area contributed by atoms with E-state index < -0.39 is 20.7 Å². The monoisotopic (exact) mass is 353 g/mol. The summed E-state index contributed by atoms with van der Waals surface area (Å²) in [5, 5.41) is 0.507. The van der Waals surface area contributed by atoms with Crippen molar-refractivity contribution in [2.75, 3.05) is 17.2 Å². The molecule has 8 heteroatoms. The van der Waals surface area contributed by atoms with Crippen molar-refractivity contribution >= 4 is 43.1 Å². The second-order valence-corrected chi connectivity index (χ2v) is 8.68. The molecule has 0 aliphatic rings. The number of benzene rings is 1. The molecule has 0 spiro atoms. The average Bonchev–Trinajstić information content (AvgIpc) is 2.27. The lowest BCUT2D eigenvalue weighted by Crippen LogP contribution is -2.39. The molecule has 0 aromatic heterocycles. The molecule has 0 atom stereocenters. The van der Waals surface area contributed by atoms with Crippen molar-refractivity contribution in [2.45, 2.75) is 26.4 Å². The first-order chi connectivity index (χ1) is 9.48. The van der Waals surface area contributed by atoms with Gasteiger partial charge in [0.25, 0.3) is 0 Å². The first-order valence-electron chi connectivity index (χ1n) is 6.16. The van der Waals surface area contributed by atoms with Crippen LogP contribution < -0.4 is 4.90 Å². The predicted molar refractivity (Wildman–Crippen MR) is 84.7 cm³/mol. The fraction of sp³-hybridized carbons (Fsp3) is 0.462. The Morgan fingerprint density at radius 3 is 2.19 bits per heavy atom. The summed E-state index contributed by atoms with van der Waals surface area (Å²) in [6.07, 6.45) is -0.648. The molecule has 1 rings (SSSR count). The first kappa shape index (κ1) is 18.1. The van der Waals surface area contributed by atoms with Gasteiger partial charge in [0.15, 0.2) is 0 Å². The largest absolute Gasteiger partial charge is 0.443 e. The normalized spacial score (nSPS) is 12.0. The van der Waals surface area contributed by atoms with E-state index >= 15 is 0 Å². The van der Waals surface area contributed by atoms with E-state index in [1.54, 1.807) is 45.0 Å². The highest BCUT2D eigenvalue weighted by Crippen LogP contribution is 2.21. The van der Waals surface area contributed by atoms with Gasteiger partial charge in [0.05, 0.1) is 5.75 Å². The number of carbonyl (C=O) groups is 1. The van der Waals surface area contributed by atoms with E-state index in [0.29, 0.717) is 10.7 Å². The van der Waals surface area contributed by atoms with Gasteiger partial charge < -0.3 is 4.74 Å². The quantitative estimate of drug-likeness (QED) is 0.775. The van der Waals surface area contributed by atoms with E-state index in [1.165, 1.54) is 4.90 Å². The second kappa shape index (κ2) is 6.85. The van der Waals surface area contributed by atoms with Crippen molar-refractivity contribution in [3.05, 3.63) is 29.3 Å². The Bertz CT molecular complexity index is 594. The molecule has 1 aromatic carbocycles. The number of ether oxygens (including phenoxy) is 1. The predicted octanol–water partition coefficient (Wildman–Crippen LogP) is 3.65. The van der Waals surface area contributed by atoms with Gasteiger partial charge >= 0.3 is 6.09 Å². The van der Waals surface area contributed by atoms with Crippen LogP contribution in [0.5, 0.6) is 0 Å². The van der Waals surface area contributed by atoms with Crippen molar-refractivity contribution in [1.29, 1.82) is 0 Å². The maximum atomic E-state index is 12.2. The molecule has 0 fully saturated rings. The Morgan fingerprint density at radius 1 is 1.24 bits per heavy atom. The lowest BCUT2D eigenvalue weighted by molar-refractivity contribution is 0.0582. The standard InChI is InChI=1S/C13H17Cl2NO4S/c1-13(2,3)20-12(17)16(8-9-21(15,18)19)11-6-4-10(14)5-7-11/h4-7H,8-9H2,1-3H3. The minimum Gasteiger partial charge on any atom is -0.443 e. The highest BCUT2D eigenvalue weighted by molar-refractivity contribution is 8.13. The van der Waals surface area contributed by atoms with E-state index in [2.05, 4.69) is 0 Å². The molecule has 0 saturated heterocycles. The highest BCUT2D eigenvalue weighted by atomic mass is 35.7. The number of amides is 1. The van der Waals surface area contributed by atoms with E-state index in [9.17, 15) is 13.2 Å². The minimum atomic E-state index is -3.72. The van der Waals surface area contributed by atoms with Crippen LogP contribution in [0.2, 0.25) is 5.02 Å². The summed E-state index contributed by atoms with van der Waals surface area (Å²) in [5.74, 6) is -0.379. The fourth-order valence-corrected chi connectivity index (χ4v) is 2.20. The molecule has 1 aromatic rings. The van der Waals surface area contributed by atoms with Gasteiger partial charge in [-0.2, -0.15) is 0 Å². The molecule has 0 unspecified atom stereocenters. The van der Waals surface area contributed by atoms with Gasteiger partial charge in [-0.25, -0.2) is 13.2 Å². The van der Waals surface area contributed by atoms with Gasteiger partial charge in [-0.3, -0.25) is 4.90 Å². The fourth-order valence-electron chi connectivity index (χ4n) is 1.46. The summed E-state index contributed by atoms with van der Waals surface area (Å²) in [7, 11) is 1.48.